The summed E-state index contributed by atoms with van der Waals surface area (Å²) >= 11 is 5.87. The Kier molecular flexibility index (Phi) is 11.5. The SMILES string of the molecule is [Cu+][I].[Y].[c-]1ccccc1.c1ccc(-c2[cH-][n+]3ccccc3n2)cc1. The van der Waals surface area contributed by atoms with Crippen molar-refractivity contribution in [2.45, 2.75) is 0 Å². The standard InChI is InChI=1S/C13H10N2.C6H5.Cu.HI.Y/c1-2-6-11(7-3-1)12-10-15-9-5-4-8-13(15)14-12;1-2-4-6-5-3-1;;;/h1-10H;1-5H;;1H;/q;-1;+2;;/p-1. The van der Waals surface area contributed by atoms with E-state index < -0.39 is 0 Å². The molecule has 0 spiro atoms. The first-order chi connectivity index (χ1) is 11.4. The van der Waals surface area contributed by atoms with E-state index in [1.807, 2.05) is 83.5 Å². The van der Waals surface area contributed by atoms with Crippen LogP contribution < -0.4 is 4.40 Å². The van der Waals surface area contributed by atoms with Crippen molar-refractivity contribution in [3.05, 3.63) is 97.3 Å². The molecular formula is C19H15CuIN2Y. The summed E-state index contributed by atoms with van der Waals surface area (Å²) in [7, 11) is 0. The molecule has 0 aliphatic heterocycles. The molecule has 2 heterocycles. The van der Waals surface area contributed by atoms with Gasteiger partial charge in [-0.1, -0.05) is 42.5 Å². The minimum atomic E-state index is 0. The number of imidazole rings is 1. The van der Waals surface area contributed by atoms with Crippen molar-refractivity contribution >= 4 is 26.0 Å². The first kappa shape index (κ1) is 21.5. The summed E-state index contributed by atoms with van der Waals surface area (Å²) in [4.78, 5) is 4.55. The number of pyridine rings is 1. The molecule has 0 fully saturated rings. The number of fused-ring (bicyclic) bond motifs is 1. The van der Waals surface area contributed by atoms with E-state index in [-0.39, 0.29) is 32.7 Å². The van der Waals surface area contributed by atoms with Crippen molar-refractivity contribution in [2.24, 2.45) is 0 Å². The zero-order chi connectivity index (χ0) is 16.3. The van der Waals surface area contributed by atoms with Gasteiger partial charge in [0, 0.05) is 38.9 Å². The number of hydrogen-bond acceptors (Lipinski definition) is 1. The van der Waals surface area contributed by atoms with Crippen molar-refractivity contribution in [2.75, 3.05) is 0 Å². The van der Waals surface area contributed by atoms with Crippen molar-refractivity contribution in [1.29, 1.82) is 0 Å². The van der Waals surface area contributed by atoms with Gasteiger partial charge in [-0.3, -0.25) is 0 Å². The van der Waals surface area contributed by atoms with E-state index in [2.05, 4.69) is 35.9 Å². The predicted molar refractivity (Wildman–Crippen MR) is 97.7 cm³/mol. The van der Waals surface area contributed by atoms with Gasteiger partial charge in [-0.25, -0.2) is 0 Å². The fraction of sp³-hybridized carbons (Fsp3) is 0. The Morgan fingerprint density at radius 1 is 0.875 bits per heavy atom. The Labute approximate surface area is 187 Å². The maximum atomic E-state index is 4.55. The van der Waals surface area contributed by atoms with Crippen LogP contribution in [0.25, 0.3) is 16.9 Å². The summed E-state index contributed by atoms with van der Waals surface area (Å²) in [5.74, 6) is 0. The first-order valence-corrected chi connectivity index (χ1v) is 9.99. The number of benzene rings is 2. The fourth-order valence-electron chi connectivity index (χ4n) is 2.02. The molecule has 4 aromatic rings. The zero-order valence-corrected chi connectivity index (χ0v) is 18.7. The second kappa shape index (κ2) is 12.8. The van der Waals surface area contributed by atoms with Crippen LogP contribution in [0, 0.1) is 6.07 Å². The van der Waals surface area contributed by atoms with Crippen LogP contribution in [0.1, 0.15) is 0 Å². The van der Waals surface area contributed by atoms with Gasteiger partial charge in [-0.15, -0.1) is 4.98 Å². The minimum Gasteiger partial charge on any atom is -0.319 e. The second-order valence-corrected chi connectivity index (χ2v) is 4.54. The normalized spacial score (nSPS) is 8.96. The Hall–Kier alpha value is -0.517. The second-order valence-electron chi connectivity index (χ2n) is 4.54. The molecule has 0 N–H and O–H groups in total. The van der Waals surface area contributed by atoms with Crippen LogP contribution in [0.3, 0.4) is 0 Å². The molecule has 2 aromatic carbocycles. The third kappa shape index (κ3) is 6.77. The Morgan fingerprint density at radius 3 is 2.04 bits per heavy atom. The summed E-state index contributed by atoms with van der Waals surface area (Å²) in [6.45, 7) is 0. The van der Waals surface area contributed by atoms with Crippen LogP contribution in [-0.4, -0.2) is 4.98 Å². The largest absolute Gasteiger partial charge is 0.319 e. The van der Waals surface area contributed by atoms with E-state index in [1.54, 1.807) is 20.3 Å². The monoisotopic (exact) mass is 550 g/mol. The van der Waals surface area contributed by atoms with E-state index in [1.165, 1.54) is 0 Å². The molecule has 0 bridgehead atoms. The van der Waals surface area contributed by atoms with Crippen molar-refractivity contribution < 1.29 is 49.9 Å². The quantitative estimate of drug-likeness (QED) is 0.147. The molecule has 0 amide bonds. The average Bonchev–Trinajstić information content (AvgIpc) is 3.10. The number of hydrogen-bond donors (Lipinski definition) is 0. The van der Waals surface area contributed by atoms with Gasteiger partial charge < -0.3 is 4.40 Å². The molecule has 5 heteroatoms. The molecule has 0 unspecified atom stereocenters. The third-order valence-corrected chi connectivity index (χ3v) is 3.04. The Bertz CT molecular complexity index is 747. The summed E-state index contributed by atoms with van der Waals surface area (Å²) in [6, 6.07) is 28.7. The van der Waals surface area contributed by atoms with Gasteiger partial charge in [-0.05, 0) is 11.6 Å². The van der Waals surface area contributed by atoms with E-state index >= 15 is 0 Å². The van der Waals surface area contributed by atoms with Crippen LogP contribution >= 0.6 is 20.3 Å². The van der Waals surface area contributed by atoms with Crippen LogP contribution in [0.4, 0.5) is 0 Å². The molecule has 0 saturated carbocycles. The Balaban J connectivity index is 0.000000272. The molecule has 122 valence electrons. The number of halogens is 1. The molecule has 24 heavy (non-hydrogen) atoms. The van der Waals surface area contributed by atoms with Crippen LogP contribution in [0.5, 0.6) is 0 Å². The Morgan fingerprint density at radius 2 is 1.50 bits per heavy atom. The topological polar surface area (TPSA) is 17.0 Å². The number of aromatic nitrogens is 2. The van der Waals surface area contributed by atoms with Gasteiger partial charge in [0.25, 0.3) is 0 Å². The molecular weight excluding hydrogens is 536 g/mol. The molecule has 0 aliphatic carbocycles. The smallest absolute Gasteiger partial charge is 0.246 e. The van der Waals surface area contributed by atoms with Crippen molar-refractivity contribution in [3.8, 4) is 11.3 Å². The average molecular weight is 551 g/mol. The van der Waals surface area contributed by atoms with Crippen LogP contribution in [-0.2, 0) is 45.5 Å². The maximum absolute atomic E-state index is 4.55. The van der Waals surface area contributed by atoms with Gasteiger partial charge in [0.15, 0.2) is 0 Å². The number of rotatable bonds is 1. The maximum Gasteiger partial charge on any atom is 0.246 e. The number of nitrogens with zero attached hydrogens (tertiary/aromatic N) is 2. The van der Waals surface area contributed by atoms with Gasteiger partial charge in [0.05, 0.1) is 6.20 Å². The first-order valence-electron chi connectivity index (χ1n) is 6.95. The van der Waals surface area contributed by atoms with Gasteiger partial charge >= 0.3 is 33.1 Å². The van der Waals surface area contributed by atoms with E-state index in [9.17, 15) is 0 Å². The molecule has 0 saturated heterocycles. The summed E-state index contributed by atoms with van der Waals surface area (Å²) in [5, 5.41) is 0. The van der Waals surface area contributed by atoms with E-state index in [0.717, 1.165) is 16.9 Å². The molecule has 1 radical (unpaired) electrons. The predicted octanol–water partition coefficient (Wildman–Crippen LogP) is 4.57. The summed E-state index contributed by atoms with van der Waals surface area (Å²) in [6.07, 6.45) is 4.06. The van der Waals surface area contributed by atoms with Gasteiger partial charge in [0.1, 0.15) is 5.69 Å². The van der Waals surface area contributed by atoms with Gasteiger partial charge in [0.2, 0.25) is 5.65 Å². The molecule has 0 aliphatic rings. The molecule has 2 aromatic heterocycles. The third-order valence-electron chi connectivity index (χ3n) is 3.04. The minimum absolute atomic E-state index is 0. The van der Waals surface area contributed by atoms with Crippen molar-refractivity contribution in [1.82, 2.24) is 4.98 Å². The van der Waals surface area contributed by atoms with Crippen molar-refractivity contribution in [3.63, 3.8) is 0 Å². The molecule has 4 rings (SSSR count). The summed E-state index contributed by atoms with van der Waals surface area (Å²) < 4.78 is 2.03. The van der Waals surface area contributed by atoms with Crippen LogP contribution in [0.2, 0.25) is 0 Å². The molecule has 0 atom stereocenters. The molecule has 2 nitrogen and oxygen atoms in total. The summed E-state index contributed by atoms with van der Waals surface area (Å²) in [5.41, 5.74) is 3.15. The zero-order valence-electron chi connectivity index (χ0n) is 12.8. The van der Waals surface area contributed by atoms with E-state index in [0.29, 0.717) is 0 Å². The van der Waals surface area contributed by atoms with Gasteiger partial charge in [-0.2, -0.15) is 36.4 Å². The fourth-order valence-corrected chi connectivity index (χ4v) is 2.02. The van der Waals surface area contributed by atoms with Crippen LogP contribution in [0.15, 0.2) is 91.3 Å². The van der Waals surface area contributed by atoms with E-state index in [4.69, 9.17) is 0 Å².